The molecular formula is C17H27N3O. The third-order valence-corrected chi connectivity index (χ3v) is 4.03. The minimum Gasteiger partial charge on any atom is -0.469 e. The molecule has 0 spiro atoms. The minimum atomic E-state index is 0.268. The topological polar surface area (TPSA) is 43.0 Å². The van der Waals surface area contributed by atoms with E-state index in [1.807, 2.05) is 6.92 Å². The SMILES string of the molecule is CCCNC(Cc1ccn(C(C)CC)n1)c1ccoc1C. The summed E-state index contributed by atoms with van der Waals surface area (Å²) in [6, 6.07) is 4.91. The highest BCUT2D eigenvalue weighted by atomic mass is 16.3. The molecule has 0 aliphatic heterocycles. The van der Waals surface area contributed by atoms with Gasteiger partial charge in [0.2, 0.25) is 0 Å². The Labute approximate surface area is 127 Å². The first-order valence-corrected chi connectivity index (χ1v) is 7.97. The summed E-state index contributed by atoms with van der Waals surface area (Å²) < 4.78 is 7.52. The molecule has 0 radical (unpaired) electrons. The fraction of sp³-hybridized carbons (Fsp3) is 0.588. The van der Waals surface area contributed by atoms with Crippen molar-refractivity contribution >= 4 is 0 Å². The number of hydrogen-bond donors (Lipinski definition) is 1. The molecule has 2 aromatic rings. The van der Waals surface area contributed by atoms with Crippen molar-refractivity contribution in [3.05, 3.63) is 41.6 Å². The average molecular weight is 289 g/mol. The minimum absolute atomic E-state index is 0.268. The van der Waals surface area contributed by atoms with Gasteiger partial charge in [-0.2, -0.15) is 5.10 Å². The Kier molecular flexibility index (Phi) is 5.62. The Morgan fingerprint density at radius 3 is 2.76 bits per heavy atom. The number of nitrogens with one attached hydrogen (secondary N) is 1. The van der Waals surface area contributed by atoms with E-state index >= 15 is 0 Å². The molecule has 4 heteroatoms. The van der Waals surface area contributed by atoms with Gasteiger partial charge in [0.25, 0.3) is 0 Å². The van der Waals surface area contributed by atoms with Gasteiger partial charge in [-0.3, -0.25) is 4.68 Å². The van der Waals surface area contributed by atoms with Crippen LogP contribution in [0.2, 0.25) is 0 Å². The molecule has 2 unspecified atom stereocenters. The van der Waals surface area contributed by atoms with Crippen molar-refractivity contribution in [2.24, 2.45) is 0 Å². The van der Waals surface area contributed by atoms with Gasteiger partial charge in [0, 0.05) is 30.3 Å². The fourth-order valence-corrected chi connectivity index (χ4v) is 2.49. The van der Waals surface area contributed by atoms with Crippen LogP contribution in [0, 0.1) is 6.92 Å². The predicted molar refractivity (Wildman–Crippen MR) is 85.4 cm³/mol. The third kappa shape index (κ3) is 3.97. The Balaban J connectivity index is 2.11. The summed E-state index contributed by atoms with van der Waals surface area (Å²) in [6.07, 6.45) is 6.96. The van der Waals surface area contributed by atoms with Gasteiger partial charge in [-0.05, 0) is 45.4 Å². The molecule has 21 heavy (non-hydrogen) atoms. The zero-order chi connectivity index (χ0) is 15.2. The van der Waals surface area contributed by atoms with E-state index in [2.05, 4.69) is 49.1 Å². The van der Waals surface area contributed by atoms with Gasteiger partial charge >= 0.3 is 0 Å². The molecule has 116 valence electrons. The van der Waals surface area contributed by atoms with Crippen LogP contribution in [0.15, 0.2) is 29.0 Å². The number of rotatable bonds is 8. The molecule has 2 atom stereocenters. The number of hydrogen-bond acceptors (Lipinski definition) is 3. The monoisotopic (exact) mass is 289 g/mol. The standard InChI is InChI=1S/C17H27N3O/c1-5-9-18-17(16-8-11-21-14(16)4)12-15-7-10-20(19-15)13(3)6-2/h7-8,10-11,13,17-18H,5-6,9,12H2,1-4H3. The fourth-order valence-electron chi connectivity index (χ4n) is 2.49. The summed E-state index contributed by atoms with van der Waals surface area (Å²) in [5, 5.41) is 8.32. The number of nitrogens with zero attached hydrogens (tertiary/aromatic N) is 2. The molecular weight excluding hydrogens is 262 g/mol. The second kappa shape index (κ2) is 7.46. The van der Waals surface area contributed by atoms with Crippen molar-refractivity contribution in [3.63, 3.8) is 0 Å². The van der Waals surface area contributed by atoms with Crippen LogP contribution in [0.1, 0.15) is 62.7 Å². The van der Waals surface area contributed by atoms with E-state index in [4.69, 9.17) is 9.52 Å². The van der Waals surface area contributed by atoms with E-state index in [0.717, 1.165) is 37.3 Å². The molecule has 0 aliphatic carbocycles. The van der Waals surface area contributed by atoms with Crippen molar-refractivity contribution < 1.29 is 4.42 Å². The van der Waals surface area contributed by atoms with Crippen LogP contribution in [-0.4, -0.2) is 16.3 Å². The first-order chi connectivity index (χ1) is 10.2. The van der Waals surface area contributed by atoms with Crippen molar-refractivity contribution in [1.29, 1.82) is 0 Å². The Morgan fingerprint density at radius 2 is 2.14 bits per heavy atom. The van der Waals surface area contributed by atoms with Crippen molar-refractivity contribution in [2.75, 3.05) is 6.54 Å². The molecule has 4 nitrogen and oxygen atoms in total. The molecule has 0 saturated heterocycles. The second-order valence-electron chi connectivity index (χ2n) is 5.69. The highest BCUT2D eigenvalue weighted by Crippen LogP contribution is 2.22. The van der Waals surface area contributed by atoms with Crippen LogP contribution < -0.4 is 5.32 Å². The molecule has 1 N–H and O–H groups in total. The molecule has 0 aromatic carbocycles. The normalized spacial score (nSPS) is 14.3. The van der Waals surface area contributed by atoms with Gasteiger partial charge < -0.3 is 9.73 Å². The van der Waals surface area contributed by atoms with Gasteiger partial charge in [-0.15, -0.1) is 0 Å². The molecule has 2 heterocycles. The molecule has 0 amide bonds. The Bertz CT molecular complexity index is 544. The van der Waals surface area contributed by atoms with E-state index in [-0.39, 0.29) is 6.04 Å². The van der Waals surface area contributed by atoms with Gasteiger partial charge in [0.1, 0.15) is 5.76 Å². The zero-order valence-corrected chi connectivity index (χ0v) is 13.6. The highest BCUT2D eigenvalue weighted by molar-refractivity contribution is 5.22. The number of aryl methyl sites for hydroxylation is 1. The maximum Gasteiger partial charge on any atom is 0.105 e. The number of aromatic nitrogens is 2. The quantitative estimate of drug-likeness (QED) is 0.797. The molecule has 0 fully saturated rings. The zero-order valence-electron chi connectivity index (χ0n) is 13.6. The summed E-state index contributed by atoms with van der Waals surface area (Å²) in [5.74, 6) is 0.991. The maximum atomic E-state index is 5.46. The van der Waals surface area contributed by atoms with Crippen molar-refractivity contribution in [1.82, 2.24) is 15.1 Å². The molecule has 2 rings (SSSR count). The van der Waals surface area contributed by atoms with Crippen LogP contribution in [0.4, 0.5) is 0 Å². The average Bonchev–Trinajstić information content (AvgIpc) is 3.11. The summed E-state index contributed by atoms with van der Waals surface area (Å²) >= 11 is 0. The van der Waals surface area contributed by atoms with E-state index in [0.29, 0.717) is 6.04 Å². The summed E-state index contributed by atoms with van der Waals surface area (Å²) in [6.45, 7) is 9.59. The van der Waals surface area contributed by atoms with Crippen LogP contribution in [0.25, 0.3) is 0 Å². The Morgan fingerprint density at radius 1 is 1.33 bits per heavy atom. The number of furan rings is 1. The van der Waals surface area contributed by atoms with Gasteiger partial charge in [-0.25, -0.2) is 0 Å². The van der Waals surface area contributed by atoms with Crippen molar-refractivity contribution in [2.45, 2.75) is 59.0 Å². The van der Waals surface area contributed by atoms with E-state index in [9.17, 15) is 0 Å². The third-order valence-electron chi connectivity index (χ3n) is 4.03. The highest BCUT2D eigenvalue weighted by Gasteiger charge is 2.17. The van der Waals surface area contributed by atoms with E-state index in [1.54, 1.807) is 6.26 Å². The van der Waals surface area contributed by atoms with Gasteiger partial charge in [-0.1, -0.05) is 13.8 Å². The van der Waals surface area contributed by atoms with Crippen molar-refractivity contribution in [3.8, 4) is 0 Å². The lowest BCUT2D eigenvalue weighted by molar-refractivity contribution is 0.462. The predicted octanol–water partition coefficient (Wildman–Crippen LogP) is 4.04. The molecule has 2 aromatic heterocycles. The largest absolute Gasteiger partial charge is 0.469 e. The first kappa shape index (κ1) is 15.8. The Hall–Kier alpha value is -1.55. The van der Waals surface area contributed by atoms with Crippen LogP contribution in [0.3, 0.4) is 0 Å². The van der Waals surface area contributed by atoms with Crippen LogP contribution in [-0.2, 0) is 6.42 Å². The van der Waals surface area contributed by atoms with Crippen LogP contribution in [0.5, 0.6) is 0 Å². The van der Waals surface area contributed by atoms with Gasteiger partial charge in [0.05, 0.1) is 12.0 Å². The molecule has 0 bridgehead atoms. The lowest BCUT2D eigenvalue weighted by Gasteiger charge is -2.17. The summed E-state index contributed by atoms with van der Waals surface area (Å²) in [5.41, 5.74) is 2.37. The lowest BCUT2D eigenvalue weighted by atomic mass is 10.0. The van der Waals surface area contributed by atoms with E-state index < -0.39 is 0 Å². The van der Waals surface area contributed by atoms with Crippen LogP contribution >= 0.6 is 0 Å². The molecule has 0 saturated carbocycles. The lowest BCUT2D eigenvalue weighted by Crippen LogP contribution is -2.24. The summed E-state index contributed by atoms with van der Waals surface area (Å²) in [4.78, 5) is 0. The smallest absolute Gasteiger partial charge is 0.105 e. The maximum absolute atomic E-state index is 5.46. The molecule has 0 aliphatic rings. The summed E-state index contributed by atoms with van der Waals surface area (Å²) in [7, 11) is 0. The van der Waals surface area contributed by atoms with Gasteiger partial charge in [0.15, 0.2) is 0 Å². The first-order valence-electron chi connectivity index (χ1n) is 7.97. The van der Waals surface area contributed by atoms with E-state index in [1.165, 1.54) is 5.56 Å². The second-order valence-corrected chi connectivity index (χ2v) is 5.69.